The van der Waals surface area contributed by atoms with Crippen LogP contribution in [0.25, 0.3) is 0 Å². The molecule has 0 bridgehead atoms. The minimum atomic E-state index is 0.754. The molecular weight excluding hydrogens is 236 g/mol. The van der Waals surface area contributed by atoms with Crippen LogP contribution >= 0.6 is 11.6 Å². The maximum atomic E-state index is 6.23. The molecular formula is C12H23ClN4. The van der Waals surface area contributed by atoms with E-state index in [-0.39, 0.29) is 0 Å². The minimum absolute atomic E-state index is 0.754. The molecule has 0 saturated heterocycles. The van der Waals surface area contributed by atoms with Crippen molar-refractivity contribution in [2.24, 2.45) is 7.05 Å². The van der Waals surface area contributed by atoms with Gasteiger partial charge in [-0.05, 0) is 20.0 Å². The molecule has 1 aromatic heterocycles. The highest BCUT2D eigenvalue weighted by Crippen LogP contribution is 2.20. The van der Waals surface area contributed by atoms with Gasteiger partial charge in [-0.1, -0.05) is 25.4 Å². The first-order chi connectivity index (χ1) is 8.10. The monoisotopic (exact) mass is 258 g/mol. The fourth-order valence-electron chi connectivity index (χ4n) is 1.84. The number of likely N-dealkylation sites (N-methyl/N-ethyl adjacent to an activating group) is 2. The molecule has 0 unspecified atom stereocenters. The van der Waals surface area contributed by atoms with Gasteiger partial charge in [0, 0.05) is 32.2 Å². The Bertz CT molecular complexity index is 349. The van der Waals surface area contributed by atoms with Crippen LogP contribution in [0.5, 0.6) is 0 Å². The lowest BCUT2D eigenvalue weighted by molar-refractivity contribution is 0.279. The molecule has 98 valence electrons. The third kappa shape index (κ3) is 3.98. The molecule has 0 radical (unpaired) electrons. The molecule has 0 aromatic carbocycles. The van der Waals surface area contributed by atoms with Crippen LogP contribution in [-0.2, 0) is 13.6 Å². The first-order valence-corrected chi connectivity index (χ1v) is 6.58. The summed E-state index contributed by atoms with van der Waals surface area (Å²) in [5, 5.41) is 8.43. The predicted octanol–water partition coefficient (Wildman–Crippen LogP) is 1.81. The molecule has 5 heteroatoms. The van der Waals surface area contributed by atoms with Crippen LogP contribution in [0.1, 0.15) is 25.1 Å². The number of halogens is 1. The van der Waals surface area contributed by atoms with Gasteiger partial charge < -0.3 is 5.32 Å². The summed E-state index contributed by atoms with van der Waals surface area (Å²) in [6, 6.07) is 0. The maximum Gasteiger partial charge on any atom is 0.131 e. The van der Waals surface area contributed by atoms with Crippen molar-refractivity contribution in [2.75, 3.05) is 26.2 Å². The molecule has 0 saturated carbocycles. The van der Waals surface area contributed by atoms with Crippen molar-refractivity contribution in [3.05, 3.63) is 16.4 Å². The molecule has 1 rings (SSSR count). The third-order valence-corrected chi connectivity index (χ3v) is 3.43. The van der Waals surface area contributed by atoms with E-state index in [4.69, 9.17) is 11.6 Å². The van der Waals surface area contributed by atoms with Crippen molar-refractivity contribution >= 4 is 11.6 Å². The maximum absolute atomic E-state index is 6.23. The number of nitrogens with zero attached hydrogens (tertiary/aromatic N) is 3. The van der Waals surface area contributed by atoms with Crippen molar-refractivity contribution in [3.63, 3.8) is 0 Å². The summed E-state index contributed by atoms with van der Waals surface area (Å²) in [4.78, 5) is 2.37. The van der Waals surface area contributed by atoms with E-state index >= 15 is 0 Å². The second-order valence-electron chi connectivity index (χ2n) is 4.20. The average molecular weight is 259 g/mol. The fraction of sp³-hybridized carbons (Fsp3) is 0.750. The van der Waals surface area contributed by atoms with E-state index in [2.05, 4.69) is 29.2 Å². The van der Waals surface area contributed by atoms with Crippen LogP contribution in [0.3, 0.4) is 0 Å². The van der Waals surface area contributed by atoms with E-state index in [1.165, 1.54) is 0 Å². The second-order valence-corrected chi connectivity index (χ2v) is 4.56. The first-order valence-electron chi connectivity index (χ1n) is 6.21. The van der Waals surface area contributed by atoms with Gasteiger partial charge in [0.25, 0.3) is 0 Å². The lowest BCUT2D eigenvalue weighted by atomic mass is 10.2. The van der Waals surface area contributed by atoms with Crippen LogP contribution in [0.4, 0.5) is 0 Å². The van der Waals surface area contributed by atoms with E-state index in [9.17, 15) is 0 Å². The first kappa shape index (κ1) is 14.5. The number of aryl methyl sites for hydroxylation is 2. The Morgan fingerprint density at radius 1 is 1.41 bits per heavy atom. The van der Waals surface area contributed by atoms with Gasteiger partial charge in [0.05, 0.1) is 5.69 Å². The lowest BCUT2D eigenvalue weighted by Crippen LogP contribution is -2.31. The van der Waals surface area contributed by atoms with Gasteiger partial charge in [-0.3, -0.25) is 9.58 Å². The number of rotatable bonds is 7. The van der Waals surface area contributed by atoms with Gasteiger partial charge in [-0.15, -0.1) is 0 Å². The Kier molecular flexibility index (Phi) is 5.95. The Morgan fingerprint density at radius 2 is 2.12 bits per heavy atom. The van der Waals surface area contributed by atoms with Crippen molar-refractivity contribution < 1.29 is 0 Å². The number of aromatic nitrogens is 2. The van der Waals surface area contributed by atoms with E-state index in [0.29, 0.717) is 0 Å². The zero-order valence-electron chi connectivity index (χ0n) is 11.3. The Morgan fingerprint density at radius 3 is 2.59 bits per heavy atom. The molecule has 0 fully saturated rings. The highest BCUT2D eigenvalue weighted by molar-refractivity contribution is 6.30. The smallest absolute Gasteiger partial charge is 0.131 e. The molecule has 0 spiro atoms. The van der Waals surface area contributed by atoms with E-state index in [1.807, 2.05) is 14.0 Å². The summed E-state index contributed by atoms with van der Waals surface area (Å²) in [6.45, 7) is 11.3. The Balaban J connectivity index is 2.60. The van der Waals surface area contributed by atoms with Crippen LogP contribution in [0.15, 0.2) is 0 Å². The topological polar surface area (TPSA) is 33.1 Å². The molecule has 4 nitrogen and oxygen atoms in total. The number of nitrogens with one attached hydrogen (secondary N) is 1. The van der Waals surface area contributed by atoms with Gasteiger partial charge in [0.1, 0.15) is 5.15 Å². The summed E-state index contributed by atoms with van der Waals surface area (Å²) >= 11 is 6.23. The molecule has 17 heavy (non-hydrogen) atoms. The molecule has 1 heterocycles. The Labute approximate surface area is 109 Å². The molecule has 0 aliphatic rings. The molecule has 0 amide bonds. The molecule has 1 N–H and O–H groups in total. The van der Waals surface area contributed by atoms with Crippen molar-refractivity contribution in [1.82, 2.24) is 20.0 Å². The molecule has 1 aromatic rings. The summed E-state index contributed by atoms with van der Waals surface area (Å²) < 4.78 is 1.74. The Hall–Kier alpha value is -0.580. The van der Waals surface area contributed by atoms with E-state index < -0.39 is 0 Å². The number of hydrogen-bond donors (Lipinski definition) is 1. The SMILES string of the molecule is CCNCCN(CC)Cc1c(C)nn(C)c1Cl. The zero-order valence-corrected chi connectivity index (χ0v) is 12.0. The van der Waals surface area contributed by atoms with E-state index in [0.717, 1.165) is 49.1 Å². The van der Waals surface area contributed by atoms with Crippen LogP contribution in [0, 0.1) is 6.92 Å². The highest BCUT2D eigenvalue weighted by atomic mass is 35.5. The highest BCUT2D eigenvalue weighted by Gasteiger charge is 2.13. The summed E-state index contributed by atoms with van der Waals surface area (Å²) in [7, 11) is 1.88. The molecule has 0 atom stereocenters. The van der Waals surface area contributed by atoms with Gasteiger partial charge in [-0.25, -0.2) is 0 Å². The standard InChI is InChI=1S/C12H23ClN4/c1-5-14-7-8-17(6-2)9-11-10(3)15-16(4)12(11)13/h14H,5-9H2,1-4H3. The minimum Gasteiger partial charge on any atom is -0.316 e. The third-order valence-electron chi connectivity index (χ3n) is 2.95. The van der Waals surface area contributed by atoms with Gasteiger partial charge in [-0.2, -0.15) is 5.10 Å². The quantitative estimate of drug-likeness (QED) is 0.758. The largest absolute Gasteiger partial charge is 0.316 e. The summed E-state index contributed by atoms with van der Waals surface area (Å²) in [6.07, 6.45) is 0. The van der Waals surface area contributed by atoms with Crippen molar-refractivity contribution in [1.29, 1.82) is 0 Å². The number of hydrogen-bond acceptors (Lipinski definition) is 3. The average Bonchev–Trinajstić information content (AvgIpc) is 2.54. The second kappa shape index (κ2) is 6.99. The summed E-state index contributed by atoms with van der Waals surface area (Å²) in [5.41, 5.74) is 2.17. The fourth-order valence-corrected chi connectivity index (χ4v) is 2.07. The van der Waals surface area contributed by atoms with E-state index in [1.54, 1.807) is 4.68 Å². The van der Waals surface area contributed by atoms with Crippen LogP contribution < -0.4 is 5.32 Å². The van der Waals surface area contributed by atoms with Gasteiger partial charge in [0.2, 0.25) is 0 Å². The summed E-state index contributed by atoms with van der Waals surface area (Å²) in [5.74, 6) is 0. The van der Waals surface area contributed by atoms with Crippen molar-refractivity contribution in [3.8, 4) is 0 Å². The zero-order chi connectivity index (χ0) is 12.8. The lowest BCUT2D eigenvalue weighted by Gasteiger charge is -2.20. The molecule has 0 aliphatic carbocycles. The van der Waals surface area contributed by atoms with Gasteiger partial charge in [0.15, 0.2) is 0 Å². The van der Waals surface area contributed by atoms with Crippen molar-refractivity contribution in [2.45, 2.75) is 27.3 Å². The predicted molar refractivity (Wildman–Crippen MR) is 72.4 cm³/mol. The van der Waals surface area contributed by atoms with Crippen LogP contribution in [-0.4, -0.2) is 40.9 Å². The van der Waals surface area contributed by atoms with Gasteiger partial charge >= 0.3 is 0 Å². The normalized spacial score (nSPS) is 11.4. The van der Waals surface area contributed by atoms with Crippen LogP contribution in [0.2, 0.25) is 5.15 Å². The molecule has 0 aliphatic heterocycles.